The van der Waals surface area contributed by atoms with Crippen molar-refractivity contribution in [3.8, 4) is 0 Å². The van der Waals surface area contributed by atoms with Crippen LogP contribution in [0.15, 0.2) is 25.3 Å². The average Bonchev–Trinajstić information content (AvgIpc) is 3.70. The highest BCUT2D eigenvalue weighted by Gasteiger charge is 2.70. The number of hydrogen-bond acceptors (Lipinski definition) is 10. The zero-order chi connectivity index (χ0) is 40.4. The van der Waals surface area contributed by atoms with Gasteiger partial charge in [0.2, 0.25) is 0 Å². The zero-order valence-electron chi connectivity index (χ0n) is 34.1. The van der Waals surface area contributed by atoms with Crippen LogP contribution in [0, 0.1) is 68.0 Å². The highest BCUT2D eigenvalue weighted by Crippen LogP contribution is 2.69. The molecule has 0 aliphatic heterocycles. The number of aliphatic hydroxyl groups is 4. The number of ketones is 2. The molecule has 0 unspecified atom stereocenters. The van der Waals surface area contributed by atoms with Gasteiger partial charge in [0.05, 0.1) is 12.2 Å². The molecule has 0 amide bonds. The van der Waals surface area contributed by atoms with E-state index in [9.17, 15) is 39.6 Å². The Hall–Kier alpha value is -2.40. The van der Waals surface area contributed by atoms with Crippen molar-refractivity contribution in [1.82, 2.24) is 0 Å². The lowest BCUT2D eigenvalue weighted by atomic mass is 9.44. The fraction of sp³-hybridized carbons (Fsp3) is 0.818. The Labute approximate surface area is 322 Å². The maximum atomic E-state index is 13.1. The lowest BCUT2D eigenvalue weighted by molar-refractivity contribution is -0.207. The van der Waals surface area contributed by atoms with E-state index < -0.39 is 71.2 Å². The fourth-order valence-corrected chi connectivity index (χ4v) is 13.4. The van der Waals surface area contributed by atoms with Crippen LogP contribution in [0.5, 0.6) is 0 Å². The molecule has 6 aliphatic rings. The number of aliphatic hydroxyl groups excluding tert-OH is 4. The summed E-state index contributed by atoms with van der Waals surface area (Å²) in [5.41, 5.74) is -2.85. The van der Waals surface area contributed by atoms with Gasteiger partial charge in [-0.25, -0.2) is 9.59 Å². The van der Waals surface area contributed by atoms with Crippen LogP contribution in [-0.2, 0) is 28.7 Å². The number of hydrogen-bond donors (Lipinski definition) is 4. The summed E-state index contributed by atoms with van der Waals surface area (Å²) < 4.78 is 11.5. The maximum absolute atomic E-state index is 13.1. The van der Waals surface area contributed by atoms with Crippen molar-refractivity contribution in [2.45, 2.75) is 144 Å². The second-order valence-corrected chi connectivity index (χ2v) is 19.4. The third-order valence-electron chi connectivity index (χ3n) is 17.4. The van der Waals surface area contributed by atoms with Crippen LogP contribution >= 0.6 is 0 Å². The molecule has 0 heterocycles. The molecule has 6 fully saturated rings. The van der Waals surface area contributed by atoms with E-state index in [0.29, 0.717) is 25.7 Å². The summed E-state index contributed by atoms with van der Waals surface area (Å²) >= 11 is 0. The SMILES string of the molecule is C=C[C@]1(C)C[C@@H](OC(=O)CO)[C@]2(C)[C@H](C)CC[C@]3(CCC(=O)[C@@H]32)[C@@H](C)[C@@H]1O.C=C[C@]1(C)C[C@@H](OC(=O)CO)[C@]2(C)[C@H](C)CC[C@]3(CCC(=O)[C@@H]32)[C@@H](C)[C@@H]1O. The van der Waals surface area contributed by atoms with Crippen LogP contribution in [0.4, 0.5) is 0 Å². The van der Waals surface area contributed by atoms with Crippen molar-refractivity contribution >= 4 is 23.5 Å². The van der Waals surface area contributed by atoms with Crippen LogP contribution in [0.3, 0.4) is 0 Å². The second kappa shape index (κ2) is 14.8. The number of carbonyl (C=O) groups excluding carboxylic acids is 4. The Bertz CT molecular complexity index is 1400. The molecule has 0 aromatic rings. The molecule has 0 spiro atoms. The van der Waals surface area contributed by atoms with Crippen LogP contribution in [0.25, 0.3) is 0 Å². The topological polar surface area (TPSA) is 168 Å². The second-order valence-electron chi connectivity index (χ2n) is 19.4. The van der Waals surface area contributed by atoms with Crippen molar-refractivity contribution in [1.29, 1.82) is 0 Å². The molecule has 10 nitrogen and oxygen atoms in total. The minimum absolute atomic E-state index is 0.0433. The van der Waals surface area contributed by atoms with Crippen LogP contribution in [-0.4, -0.2) is 81.6 Å². The van der Waals surface area contributed by atoms with Crippen LogP contribution in [0.1, 0.15) is 120 Å². The van der Waals surface area contributed by atoms with E-state index in [4.69, 9.17) is 9.47 Å². The standard InChI is InChI=1S/2C22H34O5/c2*1-6-20(4)11-16(27-17(25)12-23)21(5)13(2)7-9-22(14(3)19(20)26)10-8-15(24)18(21)22/h2*6,13-14,16,18-19,23,26H,1,7-12H2,2-5H3/t2*13-,14+,16-,18-,19+,20-,21+,22+/m11/s1. The molecule has 0 aromatic heterocycles. The first-order valence-electron chi connectivity index (χ1n) is 20.4. The van der Waals surface area contributed by atoms with E-state index in [1.807, 2.05) is 13.8 Å². The molecule has 6 rings (SSSR count). The summed E-state index contributed by atoms with van der Waals surface area (Å²) in [6.07, 6.45) is 8.20. The molecule has 0 saturated heterocycles. The van der Waals surface area contributed by atoms with E-state index in [0.717, 1.165) is 38.5 Å². The van der Waals surface area contributed by atoms with Gasteiger partial charge in [-0.1, -0.05) is 67.5 Å². The first-order valence-corrected chi connectivity index (χ1v) is 20.4. The predicted octanol–water partition coefficient (Wildman–Crippen LogP) is 5.77. The van der Waals surface area contributed by atoms with Crippen molar-refractivity contribution in [3.63, 3.8) is 0 Å². The van der Waals surface area contributed by atoms with Gasteiger partial charge in [-0.3, -0.25) is 9.59 Å². The highest BCUT2D eigenvalue weighted by molar-refractivity contribution is 5.86. The van der Waals surface area contributed by atoms with Crippen molar-refractivity contribution in [3.05, 3.63) is 25.3 Å². The van der Waals surface area contributed by atoms with E-state index in [1.165, 1.54) is 0 Å². The van der Waals surface area contributed by atoms with Crippen LogP contribution < -0.4 is 0 Å². The summed E-state index contributed by atoms with van der Waals surface area (Å²) in [6.45, 7) is 23.1. The molecular weight excluding hydrogens is 688 g/mol. The molecule has 16 atom stereocenters. The lowest BCUT2D eigenvalue weighted by Gasteiger charge is -2.61. The van der Waals surface area contributed by atoms with Gasteiger partial charge in [0, 0.05) is 46.3 Å². The molecule has 6 saturated carbocycles. The predicted molar refractivity (Wildman–Crippen MR) is 203 cm³/mol. The van der Waals surface area contributed by atoms with E-state index in [1.54, 1.807) is 12.2 Å². The molecule has 6 aliphatic carbocycles. The van der Waals surface area contributed by atoms with Crippen molar-refractivity contribution in [2.75, 3.05) is 13.2 Å². The van der Waals surface area contributed by atoms with Crippen molar-refractivity contribution < 1.29 is 49.1 Å². The molecular formula is C44H68O10. The molecule has 0 aromatic carbocycles. The first-order chi connectivity index (χ1) is 25.1. The van der Waals surface area contributed by atoms with Crippen LogP contribution in [0.2, 0.25) is 0 Å². The molecule has 4 bridgehead atoms. The van der Waals surface area contributed by atoms with E-state index in [2.05, 4.69) is 54.7 Å². The van der Waals surface area contributed by atoms with Gasteiger partial charge < -0.3 is 29.9 Å². The van der Waals surface area contributed by atoms with Gasteiger partial charge in [0.15, 0.2) is 0 Å². The number of carbonyl (C=O) groups is 4. The van der Waals surface area contributed by atoms with E-state index in [-0.39, 0.29) is 57.9 Å². The summed E-state index contributed by atoms with van der Waals surface area (Å²) in [5, 5.41) is 41.2. The monoisotopic (exact) mass is 756 g/mol. The summed E-state index contributed by atoms with van der Waals surface area (Å²) in [6, 6.07) is 0. The van der Waals surface area contributed by atoms with Gasteiger partial charge >= 0.3 is 11.9 Å². The number of Topliss-reactive ketones (excluding diaryl/α,β-unsaturated/α-hetero) is 2. The number of rotatable bonds is 6. The minimum Gasteiger partial charge on any atom is -0.460 e. The van der Waals surface area contributed by atoms with E-state index >= 15 is 0 Å². The third kappa shape index (κ3) is 6.19. The summed E-state index contributed by atoms with van der Waals surface area (Å²) in [4.78, 5) is 50.4. The van der Waals surface area contributed by atoms with Crippen molar-refractivity contribution in [2.24, 2.45) is 68.0 Å². The molecule has 54 heavy (non-hydrogen) atoms. The highest BCUT2D eigenvalue weighted by atomic mass is 16.6. The average molecular weight is 757 g/mol. The van der Waals surface area contributed by atoms with Gasteiger partial charge in [-0.05, 0) is 85.9 Å². The molecule has 4 N–H and O–H groups in total. The Kier molecular flexibility index (Phi) is 11.7. The maximum Gasteiger partial charge on any atom is 0.332 e. The third-order valence-corrected chi connectivity index (χ3v) is 17.4. The Morgan fingerprint density at radius 2 is 1.00 bits per heavy atom. The van der Waals surface area contributed by atoms with Gasteiger partial charge in [0.25, 0.3) is 0 Å². The smallest absolute Gasteiger partial charge is 0.332 e. The first kappa shape index (κ1) is 42.7. The Morgan fingerprint density at radius 3 is 1.30 bits per heavy atom. The lowest BCUT2D eigenvalue weighted by Crippen LogP contribution is -2.63. The molecule has 10 heteroatoms. The summed E-state index contributed by atoms with van der Waals surface area (Å²) in [5.74, 6) is -1.04. The van der Waals surface area contributed by atoms with Gasteiger partial charge in [-0.15, -0.1) is 13.2 Å². The number of esters is 2. The zero-order valence-corrected chi connectivity index (χ0v) is 34.1. The Morgan fingerprint density at radius 1 is 0.667 bits per heavy atom. The van der Waals surface area contributed by atoms with Gasteiger partial charge in [0.1, 0.15) is 37.0 Å². The summed E-state index contributed by atoms with van der Waals surface area (Å²) in [7, 11) is 0. The molecule has 304 valence electrons. The molecule has 0 radical (unpaired) electrons. The Balaban J connectivity index is 0.000000208. The largest absolute Gasteiger partial charge is 0.460 e. The fourth-order valence-electron chi connectivity index (χ4n) is 13.4. The number of ether oxygens (including phenoxy) is 2. The minimum atomic E-state index is -0.686. The quantitative estimate of drug-likeness (QED) is 0.193. The normalized spacial score (nSPS) is 49.7. The van der Waals surface area contributed by atoms with Gasteiger partial charge in [-0.2, -0.15) is 0 Å².